The Morgan fingerprint density at radius 3 is 3.00 bits per heavy atom. The number of H-pyrrole nitrogens is 1. The van der Waals surface area contributed by atoms with E-state index < -0.39 is 0 Å². The van der Waals surface area contributed by atoms with Crippen molar-refractivity contribution in [3.63, 3.8) is 0 Å². The Hall–Kier alpha value is -3.00. The van der Waals surface area contributed by atoms with E-state index in [-0.39, 0.29) is 18.2 Å². The van der Waals surface area contributed by atoms with E-state index in [1.54, 1.807) is 18.3 Å². The summed E-state index contributed by atoms with van der Waals surface area (Å²) >= 11 is 0. The van der Waals surface area contributed by atoms with Gasteiger partial charge in [0.15, 0.2) is 11.3 Å². The molecule has 0 aliphatic heterocycles. The molecule has 0 fully saturated rings. The van der Waals surface area contributed by atoms with Crippen LogP contribution in [0.3, 0.4) is 0 Å². The molecule has 3 N–H and O–H groups in total. The number of aromatic nitrogens is 4. The van der Waals surface area contributed by atoms with Crippen LogP contribution in [0.15, 0.2) is 35.3 Å². The average Bonchev–Trinajstić information content (AvgIpc) is 2.87. The first-order valence-electron chi connectivity index (χ1n) is 7.53. The van der Waals surface area contributed by atoms with Crippen LogP contribution in [0.4, 0.5) is 5.69 Å². The molecule has 2 aromatic heterocycles. The van der Waals surface area contributed by atoms with Crippen LogP contribution in [0, 0.1) is 0 Å². The molecule has 3 rings (SSSR count). The molecule has 0 radical (unpaired) electrons. The largest absolute Gasteiger partial charge is 0.396 e. The standard InChI is InChI=1S/C16H17N5O3/c1-10(23)18-12-5-2-4-11(8-12)13-9-17-14-15(19-13)21(6-3-7-22)16(24)20-14/h2,4-5,8-9,22H,3,6-7H2,1H3,(H,18,23)(H,17,20,24). The maximum Gasteiger partial charge on any atom is 0.328 e. The first kappa shape index (κ1) is 15.9. The molecule has 0 aliphatic rings. The van der Waals surface area contributed by atoms with Gasteiger partial charge in [0.25, 0.3) is 0 Å². The number of fused-ring (bicyclic) bond motifs is 1. The van der Waals surface area contributed by atoms with Crippen LogP contribution in [0.1, 0.15) is 13.3 Å². The summed E-state index contributed by atoms with van der Waals surface area (Å²) in [5.74, 6) is -0.155. The lowest BCUT2D eigenvalue weighted by atomic mass is 10.1. The highest BCUT2D eigenvalue weighted by Crippen LogP contribution is 2.21. The topological polar surface area (TPSA) is 113 Å². The van der Waals surface area contributed by atoms with Gasteiger partial charge in [0.1, 0.15) is 0 Å². The van der Waals surface area contributed by atoms with Gasteiger partial charge in [0, 0.05) is 31.3 Å². The maximum atomic E-state index is 12.0. The van der Waals surface area contributed by atoms with Crippen molar-refractivity contribution < 1.29 is 9.90 Å². The number of imidazole rings is 1. The zero-order valence-corrected chi connectivity index (χ0v) is 13.1. The third kappa shape index (κ3) is 3.18. The van der Waals surface area contributed by atoms with Crippen molar-refractivity contribution in [2.24, 2.45) is 0 Å². The highest BCUT2D eigenvalue weighted by atomic mass is 16.3. The van der Waals surface area contributed by atoms with Gasteiger partial charge < -0.3 is 10.4 Å². The lowest BCUT2D eigenvalue weighted by Crippen LogP contribution is -2.17. The number of aliphatic hydroxyl groups is 1. The van der Waals surface area contributed by atoms with Gasteiger partial charge in [-0.25, -0.2) is 14.8 Å². The van der Waals surface area contributed by atoms with Crippen LogP contribution in [0.2, 0.25) is 0 Å². The fourth-order valence-corrected chi connectivity index (χ4v) is 2.46. The molecule has 0 bridgehead atoms. The van der Waals surface area contributed by atoms with Crippen molar-refractivity contribution in [1.82, 2.24) is 19.5 Å². The van der Waals surface area contributed by atoms with E-state index in [0.717, 1.165) is 5.56 Å². The van der Waals surface area contributed by atoms with E-state index in [2.05, 4.69) is 20.3 Å². The van der Waals surface area contributed by atoms with Gasteiger partial charge in [-0.15, -0.1) is 0 Å². The number of carbonyl (C=O) groups is 1. The number of aliphatic hydroxyl groups excluding tert-OH is 1. The Bertz CT molecular complexity index is 944. The first-order valence-corrected chi connectivity index (χ1v) is 7.53. The number of nitrogens with zero attached hydrogens (tertiary/aromatic N) is 3. The molecule has 0 unspecified atom stereocenters. The number of hydrogen-bond donors (Lipinski definition) is 3. The lowest BCUT2D eigenvalue weighted by Gasteiger charge is -2.06. The Kier molecular flexibility index (Phi) is 4.39. The lowest BCUT2D eigenvalue weighted by molar-refractivity contribution is -0.114. The predicted molar refractivity (Wildman–Crippen MR) is 89.6 cm³/mol. The molecule has 1 aromatic carbocycles. The molecule has 0 aliphatic carbocycles. The van der Waals surface area contributed by atoms with Gasteiger partial charge >= 0.3 is 5.69 Å². The van der Waals surface area contributed by atoms with Crippen LogP contribution in [-0.2, 0) is 11.3 Å². The smallest absolute Gasteiger partial charge is 0.328 e. The number of hydrogen-bond acceptors (Lipinski definition) is 5. The molecule has 1 amide bonds. The van der Waals surface area contributed by atoms with E-state index in [1.165, 1.54) is 11.5 Å². The fraction of sp³-hybridized carbons (Fsp3) is 0.250. The minimum Gasteiger partial charge on any atom is -0.396 e. The van der Waals surface area contributed by atoms with Gasteiger partial charge in [-0.3, -0.25) is 14.3 Å². The quantitative estimate of drug-likeness (QED) is 0.650. The molecule has 0 saturated heterocycles. The van der Waals surface area contributed by atoms with E-state index in [4.69, 9.17) is 5.11 Å². The molecule has 124 valence electrons. The Balaban J connectivity index is 2.04. The summed E-state index contributed by atoms with van der Waals surface area (Å²) in [5.41, 5.74) is 2.57. The number of benzene rings is 1. The van der Waals surface area contributed by atoms with E-state index in [0.29, 0.717) is 35.6 Å². The van der Waals surface area contributed by atoms with E-state index in [1.807, 2.05) is 12.1 Å². The first-order chi connectivity index (χ1) is 11.6. The Morgan fingerprint density at radius 1 is 1.42 bits per heavy atom. The summed E-state index contributed by atoms with van der Waals surface area (Å²) in [6, 6.07) is 7.23. The average molecular weight is 327 g/mol. The molecule has 0 saturated carbocycles. The molecule has 3 aromatic rings. The summed E-state index contributed by atoms with van der Waals surface area (Å²) in [6.45, 7) is 1.79. The van der Waals surface area contributed by atoms with E-state index >= 15 is 0 Å². The second-order valence-corrected chi connectivity index (χ2v) is 5.35. The number of nitrogens with one attached hydrogen (secondary N) is 2. The number of aryl methyl sites for hydroxylation is 1. The maximum absolute atomic E-state index is 12.0. The summed E-state index contributed by atoms with van der Waals surface area (Å²) in [4.78, 5) is 34.6. The minimum atomic E-state index is -0.303. The molecule has 8 heteroatoms. The number of rotatable bonds is 5. The second kappa shape index (κ2) is 6.63. The minimum absolute atomic E-state index is 0.00893. The Labute approximate surface area is 137 Å². The van der Waals surface area contributed by atoms with E-state index in [9.17, 15) is 9.59 Å². The molecule has 2 heterocycles. The van der Waals surface area contributed by atoms with Gasteiger partial charge in [0.05, 0.1) is 11.9 Å². The van der Waals surface area contributed by atoms with Gasteiger partial charge in [-0.2, -0.15) is 0 Å². The van der Waals surface area contributed by atoms with Crippen LogP contribution >= 0.6 is 0 Å². The number of anilines is 1. The number of carbonyl (C=O) groups excluding carboxylic acids is 1. The number of aromatic amines is 1. The number of amides is 1. The highest BCUT2D eigenvalue weighted by Gasteiger charge is 2.11. The highest BCUT2D eigenvalue weighted by molar-refractivity contribution is 5.89. The third-order valence-electron chi connectivity index (χ3n) is 3.50. The summed E-state index contributed by atoms with van der Waals surface area (Å²) in [7, 11) is 0. The zero-order chi connectivity index (χ0) is 17.1. The van der Waals surface area contributed by atoms with Crippen molar-refractivity contribution >= 4 is 22.9 Å². The molecule has 24 heavy (non-hydrogen) atoms. The molecule has 0 spiro atoms. The van der Waals surface area contributed by atoms with Crippen LogP contribution < -0.4 is 11.0 Å². The normalized spacial score (nSPS) is 10.9. The SMILES string of the molecule is CC(=O)Nc1cccc(-c2cnc3[nH]c(=O)n(CCCO)c3n2)c1. The molecular weight excluding hydrogens is 310 g/mol. The van der Waals surface area contributed by atoms with Crippen molar-refractivity contribution in [3.8, 4) is 11.3 Å². The Morgan fingerprint density at radius 2 is 2.25 bits per heavy atom. The molecular formula is C16H17N5O3. The fourth-order valence-electron chi connectivity index (χ4n) is 2.46. The van der Waals surface area contributed by atoms with Crippen molar-refractivity contribution in [2.75, 3.05) is 11.9 Å². The monoisotopic (exact) mass is 327 g/mol. The van der Waals surface area contributed by atoms with Crippen LogP contribution in [0.5, 0.6) is 0 Å². The summed E-state index contributed by atoms with van der Waals surface area (Å²) < 4.78 is 1.46. The molecule has 0 atom stereocenters. The van der Waals surface area contributed by atoms with Crippen molar-refractivity contribution in [3.05, 3.63) is 40.9 Å². The zero-order valence-electron chi connectivity index (χ0n) is 13.1. The van der Waals surface area contributed by atoms with Crippen LogP contribution in [0.25, 0.3) is 22.6 Å². The molecule has 8 nitrogen and oxygen atoms in total. The predicted octanol–water partition coefficient (Wildman–Crippen LogP) is 1.13. The van der Waals surface area contributed by atoms with Gasteiger partial charge in [-0.1, -0.05) is 12.1 Å². The van der Waals surface area contributed by atoms with Gasteiger partial charge in [0.2, 0.25) is 5.91 Å². The van der Waals surface area contributed by atoms with Gasteiger partial charge in [-0.05, 0) is 18.6 Å². The second-order valence-electron chi connectivity index (χ2n) is 5.35. The summed E-state index contributed by atoms with van der Waals surface area (Å²) in [6.07, 6.45) is 2.03. The van der Waals surface area contributed by atoms with Crippen molar-refractivity contribution in [1.29, 1.82) is 0 Å². The van der Waals surface area contributed by atoms with Crippen LogP contribution in [-0.4, -0.2) is 37.1 Å². The van der Waals surface area contributed by atoms with Crippen molar-refractivity contribution in [2.45, 2.75) is 19.9 Å². The third-order valence-corrected chi connectivity index (χ3v) is 3.50. The summed E-state index contributed by atoms with van der Waals surface area (Å²) in [5, 5.41) is 11.7.